The fourth-order valence-electron chi connectivity index (χ4n) is 2.08. The van der Waals surface area contributed by atoms with E-state index in [1.54, 1.807) is 0 Å². The van der Waals surface area contributed by atoms with Crippen molar-refractivity contribution in [2.75, 3.05) is 18.1 Å². The molecule has 0 aromatic heterocycles. The van der Waals surface area contributed by atoms with Gasteiger partial charge in [-0.15, -0.1) is 0 Å². The maximum absolute atomic E-state index is 9.70. The van der Waals surface area contributed by atoms with Gasteiger partial charge in [0.05, 0.1) is 5.60 Å². The first-order valence-corrected chi connectivity index (χ1v) is 7.30. The number of aliphatic hydroxyl groups is 1. The number of nitrogens with two attached hydrogens (primary N) is 1. The summed E-state index contributed by atoms with van der Waals surface area (Å²) in [6.45, 7) is 2.20. The second-order valence-corrected chi connectivity index (χ2v) is 6.18. The molecular formula is C12H25NOS. The van der Waals surface area contributed by atoms with Crippen molar-refractivity contribution < 1.29 is 5.11 Å². The molecule has 1 unspecified atom stereocenters. The molecule has 1 saturated carbocycles. The van der Waals surface area contributed by atoms with Gasteiger partial charge in [0, 0.05) is 6.54 Å². The molecule has 0 bridgehead atoms. The van der Waals surface area contributed by atoms with Crippen molar-refractivity contribution in [3.8, 4) is 0 Å². The monoisotopic (exact) mass is 231 g/mol. The fraction of sp³-hybridized carbons (Fsp3) is 1.00. The Hall–Kier alpha value is 0.270. The van der Waals surface area contributed by atoms with Crippen LogP contribution in [0.2, 0.25) is 0 Å². The summed E-state index contributed by atoms with van der Waals surface area (Å²) in [5.41, 5.74) is 4.82. The fourth-order valence-corrected chi connectivity index (χ4v) is 3.27. The van der Waals surface area contributed by atoms with Crippen molar-refractivity contribution in [2.45, 2.75) is 51.0 Å². The molecule has 1 aliphatic rings. The molecule has 3 heteroatoms. The van der Waals surface area contributed by atoms with Gasteiger partial charge in [-0.1, -0.05) is 12.8 Å². The van der Waals surface area contributed by atoms with Gasteiger partial charge in [-0.05, 0) is 50.0 Å². The molecule has 1 atom stereocenters. The first-order chi connectivity index (χ1) is 7.14. The third-order valence-electron chi connectivity index (χ3n) is 3.27. The van der Waals surface area contributed by atoms with E-state index in [1.165, 1.54) is 37.2 Å². The number of hydrogen-bond donors (Lipinski definition) is 2. The minimum atomic E-state index is -0.645. The van der Waals surface area contributed by atoms with E-state index >= 15 is 0 Å². The Bertz CT molecular complexity index is 167. The molecule has 0 amide bonds. The largest absolute Gasteiger partial charge is 0.389 e. The zero-order valence-electron chi connectivity index (χ0n) is 9.87. The molecule has 1 aliphatic carbocycles. The lowest BCUT2D eigenvalue weighted by Crippen LogP contribution is -2.34. The van der Waals surface area contributed by atoms with Crippen LogP contribution in [0.25, 0.3) is 0 Å². The maximum atomic E-state index is 9.70. The van der Waals surface area contributed by atoms with Gasteiger partial charge in [-0.2, -0.15) is 11.8 Å². The second kappa shape index (κ2) is 6.77. The quantitative estimate of drug-likeness (QED) is 0.661. The lowest BCUT2D eigenvalue weighted by molar-refractivity contribution is 0.0596. The van der Waals surface area contributed by atoms with Gasteiger partial charge in [0.25, 0.3) is 0 Å². The van der Waals surface area contributed by atoms with Crippen molar-refractivity contribution in [3.63, 3.8) is 0 Å². The summed E-state index contributed by atoms with van der Waals surface area (Å²) in [6, 6.07) is 0. The zero-order valence-corrected chi connectivity index (χ0v) is 10.7. The zero-order chi connectivity index (χ0) is 11.1. The molecule has 90 valence electrons. The molecular weight excluding hydrogens is 206 g/mol. The topological polar surface area (TPSA) is 46.2 Å². The molecule has 3 N–H and O–H groups in total. The van der Waals surface area contributed by atoms with Crippen molar-refractivity contribution in [1.29, 1.82) is 0 Å². The Morgan fingerprint density at radius 1 is 1.40 bits per heavy atom. The summed E-state index contributed by atoms with van der Waals surface area (Å²) < 4.78 is 0. The minimum Gasteiger partial charge on any atom is -0.389 e. The summed E-state index contributed by atoms with van der Waals surface area (Å²) >= 11 is 2.05. The highest BCUT2D eigenvalue weighted by atomic mass is 32.2. The first-order valence-electron chi connectivity index (χ1n) is 6.14. The third kappa shape index (κ3) is 5.79. The van der Waals surface area contributed by atoms with Crippen LogP contribution in [0, 0.1) is 5.92 Å². The summed E-state index contributed by atoms with van der Waals surface area (Å²) in [6.07, 6.45) is 7.67. The normalized spacial score (nSPS) is 21.8. The molecule has 1 rings (SSSR count). The van der Waals surface area contributed by atoms with E-state index in [4.69, 9.17) is 5.73 Å². The summed E-state index contributed by atoms with van der Waals surface area (Å²) in [5, 5.41) is 9.70. The van der Waals surface area contributed by atoms with E-state index < -0.39 is 5.60 Å². The van der Waals surface area contributed by atoms with Crippen molar-refractivity contribution in [2.24, 2.45) is 11.7 Å². The van der Waals surface area contributed by atoms with Crippen LogP contribution in [0.1, 0.15) is 45.4 Å². The van der Waals surface area contributed by atoms with Gasteiger partial charge >= 0.3 is 0 Å². The van der Waals surface area contributed by atoms with E-state index in [-0.39, 0.29) is 0 Å². The average Bonchev–Trinajstić information content (AvgIpc) is 2.70. The molecule has 0 saturated heterocycles. The highest BCUT2D eigenvalue weighted by Crippen LogP contribution is 2.28. The summed E-state index contributed by atoms with van der Waals surface area (Å²) in [4.78, 5) is 0. The van der Waals surface area contributed by atoms with Crippen LogP contribution < -0.4 is 5.73 Å². The Morgan fingerprint density at radius 2 is 2.07 bits per heavy atom. The molecule has 0 aromatic carbocycles. The van der Waals surface area contributed by atoms with Gasteiger partial charge in [0.1, 0.15) is 0 Å². The standard InChI is InChI=1S/C12H25NOS/c1-12(14,10-13)7-4-8-15-9-11-5-2-3-6-11/h11,14H,2-10,13H2,1H3. The molecule has 1 fully saturated rings. The summed E-state index contributed by atoms with van der Waals surface area (Å²) in [5.74, 6) is 3.47. The van der Waals surface area contributed by atoms with Crippen LogP contribution in [-0.4, -0.2) is 28.8 Å². The molecule has 0 aliphatic heterocycles. The van der Waals surface area contributed by atoms with Crippen LogP contribution in [0.4, 0.5) is 0 Å². The van der Waals surface area contributed by atoms with E-state index in [2.05, 4.69) is 0 Å². The minimum absolute atomic E-state index is 0.375. The van der Waals surface area contributed by atoms with Crippen molar-refractivity contribution in [3.05, 3.63) is 0 Å². The van der Waals surface area contributed by atoms with E-state index in [0.29, 0.717) is 6.54 Å². The van der Waals surface area contributed by atoms with E-state index in [1.807, 2.05) is 18.7 Å². The van der Waals surface area contributed by atoms with Crippen molar-refractivity contribution in [1.82, 2.24) is 0 Å². The van der Waals surface area contributed by atoms with Crippen LogP contribution in [-0.2, 0) is 0 Å². The number of thioether (sulfide) groups is 1. The van der Waals surface area contributed by atoms with Gasteiger partial charge < -0.3 is 10.8 Å². The van der Waals surface area contributed by atoms with Gasteiger partial charge in [-0.3, -0.25) is 0 Å². The van der Waals surface area contributed by atoms with Crippen LogP contribution in [0.5, 0.6) is 0 Å². The number of hydrogen-bond acceptors (Lipinski definition) is 3. The predicted molar refractivity (Wildman–Crippen MR) is 68.2 cm³/mol. The Labute approximate surface area is 98.0 Å². The van der Waals surface area contributed by atoms with E-state index in [9.17, 15) is 5.11 Å². The third-order valence-corrected chi connectivity index (χ3v) is 4.56. The van der Waals surface area contributed by atoms with Crippen molar-refractivity contribution >= 4 is 11.8 Å². The molecule has 2 nitrogen and oxygen atoms in total. The maximum Gasteiger partial charge on any atom is 0.0741 e. The Balaban J connectivity index is 1.92. The highest BCUT2D eigenvalue weighted by molar-refractivity contribution is 7.99. The van der Waals surface area contributed by atoms with Gasteiger partial charge in [-0.25, -0.2) is 0 Å². The number of rotatable bonds is 7. The smallest absolute Gasteiger partial charge is 0.0741 e. The van der Waals surface area contributed by atoms with Crippen LogP contribution in [0.3, 0.4) is 0 Å². The molecule has 0 heterocycles. The average molecular weight is 231 g/mol. The predicted octanol–water partition coefficient (Wildman–Crippen LogP) is 2.40. The molecule has 15 heavy (non-hydrogen) atoms. The highest BCUT2D eigenvalue weighted by Gasteiger charge is 2.17. The van der Waals surface area contributed by atoms with E-state index in [0.717, 1.165) is 18.8 Å². The molecule has 0 radical (unpaired) electrons. The Kier molecular flexibility index (Phi) is 6.02. The molecule has 0 aromatic rings. The second-order valence-electron chi connectivity index (χ2n) is 5.03. The lowest BCUT2D eigenvalue weighted by Gasteiger charge is -2.20. The first kappa shape index (κ1) is 13.3. The van der Waals surface area contributed by atoms with Gasteiger partial charge in [0.2, 0.25) is 0 Å². The SMILES string of the molecule is CC(O)(CN)CCCSCC1CCCC1. The van der Waals surface area contributed by atoms with Crippen LogP contribution in [0.15, 0.2) is 0 Å². The molecule has 0 spiro atoms. The van der Waals surface area contributed by atoms with Gasteiger partial charge in [0.15, 0.2) is 0 Å². The lowest BCUT2D eigenvalue weighted by atomic mass is 10.0. The van der Waals surface area contributed by atoms with Crippen LogP contribution >= 0.6 is 11.8 Å². The Morgan fingerprint density at radius 3 is 2.67 bits per heavy atom. The summed E-state index contributed by atoms with van der Waals surface area (Å²) in [7, 11) is 0.